The SMILES string of the molecule is CC1CCC(C(C)(C)Cc2cc(F)ccc2Cl)C(O)C1. The maximum atomic E-state index is 13.4. The first kappa shape index (κ1) is 15.8. The van der Waals surface area contributed by atoms with Gasteiger partial charge in [-0.2, -0.15) is 0 Å². The van der Waals surface area contributed by atoms with E-state index in [2.05, 4.69) is 20.8 Å². The molecule has 0 bridgehead atoms. The van der Waals surface area contributed by atoms with Crippen molar-refractivity contribution >= 4 is 11.6 Å². The molecule has 1 aliphatic rings. The van der Waals surface area contributed by atoms with Gasteiger partial charge in [-0.3, -0.25) is 0 Å². The molecule has 1 aromatic carbocycles. The summed E-state index contributed by atoms with van der Waals surface area (Å²) in [5, 5.41) is 11.0. The standard InChI is InChI=1S/C17H24ClFO/c1-11-4-6-14(16(20)8-11)17(2,3)10-12-9-13(19)5-7-15(12)18/h5,7,9,11,14,16,20H,4,6,8,10H2,1-3H3. The minimum Gasteiger partial charge on any atom is -0.393 e. The van der Waals surface area contributed by atoms with Crippen LogP contribution in [0.15, 0.2) is 18.2 Å². The van der Waals surface area contributed by atoms with Gasteiger partial charge < -0.3 is 5.11 Å². The molecule has 0 heterocycles. The van der Waals surface area contributed by atoms with E-state index < -0.39 is 0 Å². The number of hydrogen-bond donors (Lipinski definition) is 1. The average molecular weight is 299 g/mol. The molecule has 0 amide bonds. The molecule has 0 aliphatic heterocycles. The first-order chi connectivity index (χ1) is 9.29. The van der Waals surface area contributed by atoms with Crippen molar-refractivity contribution in [3.63, 3.8) is 0 Å². The van der Waals surface area contributed by atoms with E-state index in [1.54, 1.807) is 6.07 Å². The lowest BCUT2D eigenvalue weighted by atomic mass is 9.65. The molecule has 1 N–H and O–H groups in total. The van der Waals surface area contributed by atoms with Crippen molar-refractivity contribution in [2.24, 2.45) is 17.3 Å². The van der Waals surface area contributed by atoms with Crippen LogP contribution in [0, 0.1) is 23.1 Å². The largest absolute Gasteiger partial charge is 0.393 e. The van der Waals surface area contributed by atoms with Crippen LogP contribution in [-0.2, 0) is 6.42 Å². The molecule has 112 valence electrons. The molecular weight excluding hydrogens is 275 g/mol. The van der Waals surface area contributed by atoms with Crippen LogP contribution >= 0.6 is 11.6 Å². The highest BCUT2D eigenvalue weighted by atomic mass is 35.5. The summed E-state index contributed by atoms with van der Waals surface area (Å²) in [6.07, 6.45) is 3.48. The van der Waals surface area contributed by atoms with Crippen molar-refractivity contribution < 1.29 is 9.50 Å². The molecule has 2 rings (SSSR count). The van der Waals surface area contributed by atoms with Crippen LogP contribution in [-0.4, -0.2) is 11.2 Å². The van der Waals surface area contributed by atoms with Gasteiger partial charge in [-0.05, 0) is 60.3 Å². The summed E-state index contributed by atoms with van der Waals surface area (Å²) in [6.45, 7) is 6.49. The number of aliphatic hydroxyl groups excluding tert-OH is 1. The molecular formula is C17H24ClFO. The highest BCUT2D eigenvalue weighted by molar-refractivity contribution is 6.31. The zero-order valence-electron chi connectivity index (χ0n) is 12.5. The zero-order chi connectivity index (χ0) is 14.9. The first-order valence-electron chi connectivity index (χ1n) is 7.41. The molecule has 0 radical (unpaired) electrons. The summed E-state index contributed by atoms with van der Waals surface area (Å²) in [4.78, 5) is 0. The van der Waals surface area contributed by atoms with Crippen LogP contribution in [0.1, 0.15) is 45.6 Å². The number of halogens is 2. The van der Waals surface area contributed by atoms with E-state index in [-0.39, 0.29) is 23.3 Å². The molecule has 0 saturated heterocycles. The van der Waals surface area contributed by atoms with Gasteiger partial charge in [-0.1, -0.05) is 38.8 Å². The Hall–Kier alpha value is -0.600. The number of aliphatic hydroxyl groups is 1. The third-order valence-corrected chi connectivity index (χ3v) is 5.11. The lowest BCUT2D eigenvalue weighted by Gasteiger charge is -2.42. The quantitative estimate of drug-likeness (QED) is 0.846. The Labute approximate surface area is 126 Å². The molecule has 1 saturated carbocycles. The van der Waals surface area contributed by atoms with Crippen LogP contribution in [0.2, 0.25) is 5.02 Å². The Morgan fingerprint density at radius 3 is 2.70 bits per heavy atom. The third-order valence-electron chi connectivity index (χ3n) is 4.74. The highest BCUT2D eigenvalue weighted by Gasteiger charge is 2.38. The van der Waals surface area contributed by atoms with E-state index in [4.69, 9.17) is 11.6 Å². The van der Waals surface area contributed by atoms with Crippen molar-refractivity contribution in [3.8, 4) is 0 Å². The molecule has 3 unspecified atom stereocenters. The average Bonchev–Trinajstić information content (AvgIpc) is 2.33. The minimum absolute atomic E-state index is 0.0863. The van der Waals surface area contributed by atoms with Crippen molar-refractivity contribution in [3.05, 3.63) is 34.6 Å². The molecule has 3 heteroatoms. The fraction of sp³-hybridized carbons (Fsp3) is 0.647. The Morgan fingerprint density at radius 1 is 1.35 bits per heavy atom. The molecule has 1 nitrogen and oxygen atoms in total. The van der Waals surface area contributed by atoms with E-state index in [9.17, 15) is 9.50 Å². The summed E-state index contributed by atoms with van der Waals surface area (Å²) in [7, 11) is 0. The molecule has 0 spiro atoms. The van der Waals surface area contributed by atoms with E-state index in [1.165, 1.54) is 12.1 Å². The van der Waals surface area contributed by atoms with Gasteiger partial charge in [0.2, 0.25) is 0 Å². The van der Waals surface area contributed by atoms with Gasteiger partial charge in [0.1, 0.15) is 5.82 Å². The second kappa shape index (κ2) is 6.03. The molecule has 0 aromatic heterocycles. The second-order valence-electron chi connectivity index (χ2n) is 6.99. The van der Waals surface area contributed by atoms with E-state index in [0.717, 1.165) is 24.8 Å². The molecule has 1 aliphatic carbocycles. The van der Waals surface area contributed by atoms with Gasteiger partial charge in [0.15, 0.2) is 0 Å². The molecule has 20 heavy (non-hydrogen) atoms. The van der Waals surface area contributed by atoms with Crippen LogP contribution in [0.3, 0.4) is 0 Å². The van der Waals surface area contributed by atoms with Crippen molar-refractivity contribution in [2.45, 2.75) is 52.6 Å². The van der Waals surface area contributed by atoms with Gasteiger partial charge in [0, 0.05) is 5.02 Å². The van der Waals surface area contributed by atoms with E-state index in [0.29, 0.717) is 17.4 Å². The summed E-state index contributed by atoms with van der Waals surface area (Å²) in [5.74, 6) is 0.589. The van der Waals surface area contributed by atoms with Crippen LogP contribution < -0.4 is 0 Å². The van der Waals surface area contributed by atoms with Gasteiger partial charge in [-0.25, -0.2) is 4.39 Å². The number of rotatable bonds is 3. The monoisotopic (exact) mass is 298 g/mol. The fourth-order valence-corrected chi connectivity index (χ4v) is 3.75. The lowest BCUT2D eigenvalue weighted by molar-refractivity contribution is -0.0125. The smallest absolute Gasteiger partial charge is 0.123 e. The van der Waals surface area contributed by atoms with Gasteiger partial charge >= 0.3 is 0 Å². The third kappa shape index (κ3) is 3.53. The Morgan fingerprint density at radius 2 is 2.05 bits per heavy atom. The van der Waals surface area contributed by atoms with Crippen LogP contribution in [0.25, 0.3) is 0 Å². The number of hydrogen-bond acceptors (Lipinski definition) is 1. The van der Waals surface area contributed by atoms with Crippen molar-refractivity contribution in [1.29, 1.82) is 0 Å². The van der Waals surface area contributed by atoms with E-state index in [1.807, 2.05) is 0 Å². The highest BCUT2D eigenvalue weighted by Crippen LogP contribution is 2.43. The summed E-state index contributed by atoms with van der Waals surface area (Å²) < 4.78 is 13.4. The predicted molar refractivity (Wildman–Crippen MR) is 81.4 cm³/mol. The van der Waals surface area contributed by atoms with Crippen LogP contribution in [0.4, 0.5) is 4.39 Å². The maximum absolute atomic E-state index is 13.4. The predicted octanol–water partition coefficient (Wildman–Crippen LogP) is 4.84. The summed E-state index contributed by atoms with van der Waals surface area (Å²) in [6, 6.07) is 4.51. The van der Waals surface area contributed by atoms with Crippen molar-refractivity contribution in [1.82, 2.24) is 0 Å². The Balaban J connectivity index is 2.16. The molecule has 1 aromatic rings. The maximum Gasteiger partial charge on any atom is 0.123 e. The van der Waals surface area contributed by atoms with Crippen LogP contribution in [0.5, 0.6) is 0 Å². The first-order valence-corrected chi connectivity index (χ1v) is 7.79. The fourth-order valence-electron chi connectivity index (χ4n) is 3.56. The van der Waals surface area contributed by atoms with Crippen molar-refractivity contribution in [2.75, 3.05) is 0 Å². The lowest BCUT2D eigenvalue weighted by Crippen LogP contribution is -2.39. The number of benzene rings is 1. The summed E-state index contributed by atoms with van der Waals surface area (Å²) in [5.41, 5.74) is 0.749. The van der Waals surface area contributed by atoms with E-state index >= 15 is 0 Å². The second-order valence-corrected chi connectivity index (χ2v) is 7.40. The van der Waals surface area contributed by atoms with Gasteiger partial charge in [0.05, 0.1) is 6.10 Å². The molecule has 3 atom stereocenters. The minimum atomic E-state index is -0.263. The Kier molecular flexibility index (Phi) is 4.76. The normalized spacial score (nSPS) is 27.6. The van der Waals surface area contributed by atoms with Gasteiger partial charge in [0.25, 0.3) is 0 Å². The topological polar surface area (TPSA) is 20.2 Å². The summed E-state index contributed by atoms with van der Waals surface area (Å²) >= 11 is 6.17. The molecule has 1 fully saturated rings. The Bertz CT molecular complexity index is 472. The van der Waals surface area contributed by atoms with Gasteiger partial charge in [-0.15, -0.1) is 0 Å². The zero-order valence-corrected chi connectivity index (χ0v) is 13.3.